The normalized spacial score (nSPS) is 11.3. The van der Waals surface area contributed by atoms with E-state index in [9.17, 15) is 13.2 Å². The molecule has 0 aliphatic heterocycles. The van der Waals surface area contributed by atoms with Gasteiger partial charge in [0.15, 0.2) is 0 Å². The van der Waals surface area contributed by atoms with Crippen LogP contribution in [0.5, 0.6) is 5.75 Å². The number of halogens is 1. The molecule has 0 aromatic heterocycles. The third-order valence-electron chi connectivity index (χ3n) is 5.78. The van der Waals surface area contributed by atoms with Gasteiger partial charge in [-0.2, -0.15) is 0 Å². The second-order valence-electron chi connectivity index (χ2n) is 8.58. The third kappa shape index (κ3) is 5.64. The Bertz CT molecular complexity index is 1520. The molecular formula is C28H27ClN2O4S. The molecule has 0 fully saturated rings. The van der Waals surface area contributed by atoms with Crippen LogP contribution in [0.25, 0.3) is 10.8 Å². The summed E-state index contributed by atoms with van der Waals surface area (Å²) in [5.41, 5.74) is 2.88. The summed E-state index contributed by atoms with van der Waals surface area (Å²) in [5.74, 6) is 0.163. The maximum absolute atomic E-state index is 13.8. The zero-order chi connectivity index (χ0) is 25.9. The largest absolute Gasteiger partial charge is 0.495 e. The lowest BCUT2D eigenvalue weighted by atomic mass is 10.1. The van der Waals surface area contributed by atoms with Gasteiger partial charge in [0.25, 0.3) is 10.0 Å². The third-order valence-corrected chi connectivity index (χ3v) is 7.90. The molecule has 4 aromatic carbocycles. The average Bonchev–Trinajstić information content (AvgIpc) is 2.83. The van der Waals surface area contributed by atoms with E-state index in [4.69, 9.17) is 16.3 Å². The fraction of sp³-hybridized carbons (Fsp3) is 0.179. The highest BCUT2D eigenvalue weighted by Crippen LogP contribution is 2.29. The van der Waals surface area contributed by atoms with Crippen molar-refractivity contribution >= 4 is 49.7 Å². The van der Waals surface area contributed by atoms with Gasteiger partial charge in [0, 0.05) is 18.7 Å². The van der Waals surface area contributed by atoms with Crippen LogP contribution in [0.3, 0.4) is 0 Å². The van der Waals surface area contributed by atoms with Gasteiger partial charge in [-0.25, -0.2) is 8.42 Å². The van der Waals surface area contributed by atoms with E-state index in [1.807, 2.05) is 56.3 Å². The summed E-state index contributed by atoms with van der Waals surface area (Å²) in [6, 6.07) is 23.2. The molecule has 0 aliphatic rings. The first-order chi connectivity index (χ1) is 17.2. The number of hydrogen-bond donors (Lipinski definition) is 1. The molecular weight excluding hydrogens is 496 g/mol. The van der Waals surface area contributed by atoms with Gasteiger partial charge in [0.05, 0.1) is 22.7 Å². The maximum Gasteiger partial charge on any atom is 0.264 e. The van der Waals surface area contributed by atoms with Crippen molar-refractivity contribution in [2.24, 2.45) is 0 Å². The molecule has 6 nitrogen and oxygen atoms in total. The maximum atomic E-state index is 13.8. The molecule has 8 heteroatoms. The highest BCUT2D eigenvalue weighted by atomic mass is 35.5. The van der Waals surface area contributed by atoms with E-state index in [0.29, 0.717) is 22.1 Å². The Kier molecular flexibility index (Phi) is 7.52. The van der Waals surface area contributed by atoms with Crippen molar-refractivity contribution in [2.75, 3.05) is 23.3 Å². The number of nitrogens with zero attached hydrogens (tertiary/aromatic N) is 1. The van der Waals surface area contributed by atoms with E-state index in [1.165, 1.54) is 11.4 Å². The van der Waals surface area contributed by atoms with Crippen LogP contribution >= 0.6 is 11.6 Å². The zero-order valence-electron chi connectivity index (χ0n) is 20.3. The summed E-state index contributed by atoms with van der Waals surface area (Å²) in [5, 5.41) is 4.92. The average molecular weight is 523 g/mol. The van der Waals surface area contributed by atoms with Crippen LogP contribution in [0.15, 0.2) is 83.8 Å². The van der Waals surface area contributed by atoms with Gasteiger partial charge in [-0.15, -0.1) is 0 Å². The molecule has 186 valence electrons. The molecule has 0 saturated carbocycles. The van der Waals surface area contributed by atoms with Gasteiger partial charge in [-0.3, -0.25) is 9.10 Å². The highest BCUT2D eigenvalue weighted by molar-refractivity contribution is 7.92. The summed E-state index contributed by atoms with van der Waals surface area (Å²) < 4.78 is 34.1. The number of aryl methyl sites for hydroxylation is 2. The molecule has 0 spiro atoms. The summed E-state index contributed by atoms with van der Waals surface area (Å²) >= 11 is 6.16. The molecule has 0 radical (unpaired) electrons. The number of nitrogens with one attached hydrogen (secondary N) is 1. The molecule has 0 aliphatic carbocycles. The summed E-state index contributed by atoms with van der Waals surface area (Å²) in [7, 11) is -2.44. The molecule has 0 bridgehead atoms. The molecule has 36 heavy (non-hydrogen) atoms. The van der Waals surface area contributed by atoms with E-state index >= 15 is 0 Å². The van der Waals surface area contributed by atoms with E-state index in [-0.39, 0.29) is 23.8 Å². The quantitative estimate of drug-likeness (QED) is 0.293. The standard InChI is InChI=1S/C28H27ClN2O4S/c1-19-14-20(2)16-24(15-19)31(13-12-28(32)30-23-9-11-27(35-3)26(29)18-23)36(33,34)25-10-8-21-6-4-5-7-22(21)17-25/h4-11,14-18H,12-13H2,1-3H3,(H,30,32). The van der Waals surface area contributed by atoms with Gasteiger partial charge >= 0.3 is 0 Å². The first-order valence-corrected chi connectivity index (χ1v) is 13.2. The van der Waals surface area contributed by atoms with Crippen LogP contribution in [0, 0.1) is 13.8 Å². The van der Waals surface area contributed by atoms with Crippen molar-refractivity contribution in [1.29, 1.82) is 0 Å². The Morgan fingerprint density at radius 2 is 1.61 bits per heavy atom. The molecule has 4 rings (SSSR count). The van der Waals surface area contributed by atoms with Gasteiger partial charge in [0.1, 0.15) is 5.75 Å². The summed E-state index contributed by atoms with van der Waals surface area (Å²) in [6.45, 7) is 3.79. The van der Waals surface area contributed by atoms with E-state index in [2.05, 4.69) is 5.32 Å². The number of benzene rings is 4. The van der Waals surface area contributed by atoms with Crippen LogP contribution in [-0.2, 0) is 14.8 Å². The minimum atomic E-state index is -3.95. The molecule has 0 saturated heterocycles. The van der Waals surface area contributed by atoms with Crippen LogP contribution < -0.4 is 14.4 Å². The number of sulfonamides is 1. The minimum absolute atomic E-state index is 0.0340. The monoisotopic (exact) mass is 522 g/mol. The predicted molar refractivity (Wildman–Crippen MR) is 146 cm³/mol. The molecule has 0 atom stereocenters. The number of fused-ring (bicyclic) bond motifs is 1. The SMILES string of the molecule is COc1ccc(NC(=O)CCN(c2cc(C)cc(C)c2)S(=O)(=O)c2ccc3ccccc3c2)cc1Cl. The number of hydrogen-bond acceptors (Lipinski definition) is 4. The van der Waals surface area contributed by atoms with Crippen LogP contribution in [0.1, 0.15) is 17.5 Å². The Hall–Kier alpha value is -3.55. The second-order valence-corrected chi connectivity index (χ2v) is 10.8. The Balaban J connectivity index is 1.63. The van der Waals surface area contributed by atoms with Crippen molar-refractivity contribution in [3.05, 3.63) is 95.0 Å². The number of ether oxygens (including phenoxy) is 1. The molecule has 4 aromatic rings. The fourth-order valence-corrected chi connectivity index (χ4v) is 5.85. The van der Waals surface area contributed by atoms with Crippen molar-refractivity contribution in [1.82, 2.24) is 0 Å². The first kappa shape index (κ1) is 25.5. The molecule has 0 heterocycles. The number of carbonyl (C=O) groups is 1. The summed E-state index contributed by atoms with van der Waals surface area (Å²) in [4.78, 5) is 12.9. The topological polar surface area (TPSA) is 75.7 Å². The minimum Gasteiger partial charge on any atom is -0.495 e. The van der Waals surface area contributed by atoms with Crippen molar-refractivity contribution in [2.45, 2.75) is 25.2 Å². The zero-order valence-corrected chi connectivity index (χ0v) is 21.9. The van der Waals surface area contributed by atoms with Crippen molar-refractivity contribution in [3.63, 3.8) is 0 Å². The van der Waals surface area contributed by atoms with Gasteiger partial charge < -0.3 is 10.1 Å². The Morgan fingerprint density at radius 1 is 0.917 bits per heavy atom. The number of anilines is 2. The number of rotatable bonds is 8. The van der Waals surface area contributed by atoms with E-state index < -0.39 is 10.0 Å². The number of methoxy groups -OCH3 is 1. The van der Waals surface area contributed by atoms with Gasteiger partial charge in [-0.05, 0) is 78.2 Å². The molecule has 1 amide bonds. The first-order valence-electron chi connectivity index (χ1n) is 11.4. The van der Waals surface area contributed by atoms with Gasteiger partial charge in [-0.1, -0.05) is 48.0 Å². The molecule has 1 N–H and O–H groups in total. The smallest absolute Gasteiger partial charge is 0.264 e. The van der Waals surface area contributed by atoms with Crippen LogP contribution in [0.4, 0.5) is 11.4 Å². The predicted octanol–water partition coefficient (Wildman–Crippen LogP) is 6.34. The lowest BCUT2D eigenvalue weighted by molar-refractivity contribution is -0.116. The fourth-order valence-electron chi connectivity index (χ4n) is 4.11. The molecule has 0 unspecified atom stereocenters. The lowest BCUT2D eigenvalue weighted by Gasteiger charge is -2.25. The second kappa shape index (κ2) is 10.6. The van der Waals surface area contributed by atoms with Crippen molar-refractivity contribution < 1.29 is 17.9 Å². The number of amides is 1. The highest BCUT2D eigenvalue weighted by Gasteiger charge is 2.26. The van der Waals surface area contributed by atoms with Gasteiger partial charge in [0.2, 0.25) is 5.91 Å². The Labute approximate surface area is 216 Å². The Morgan fingerprint density at radius 3 is 2.28 bits per heavy atom. The van der Waals surface area contributed by atoms with Crippen LogP contribution in [-0.4, -0.2) is 28.0 Å². The van der Waals surface area contributed by atoms with Crippen molar-refractivity contribution in [3.8, 4) is 5.75 Å². The number of carbonyl (C=O) groups excluding carboxylic acids is 1. The van der Waals surface area contributed by atoms with E-state index in [0.717, 1.165) is 21.9 Å². The summed E-state index contributed by atoms with van der Waals surface area (Å²) in [6.07, 6.45) is -0.0521. The van der Waals surface area contributed by atoms with E-state index in [1.54, 1.807) is 36.4 Å². The lowest BCUT2D eigenvalue weighted by Crippen LogP contribution is -2.34. The van der Waals surface area contributed by atoms with Crippen LogP contribution in [0.2, 0.25) is 5.02 Å².